The van der Waals surface area contributed by atoms with Crippen molar-refractivity contribution in [3.63, 3.8) is 0 Å². The van der Waals surface area contributed by atoms with Crippen LogP contribution in [0.3, 0.4) is 0 Å². The summed E-state index contributed by atoms with van der Waals surface area (Å²) < 4.78 is 35.3. The molecule has 0 bridgehead atoms. The van der Waals surface area contributed by atoms with E-state index in [1.807, 2.05) is 20.8 Å². The Morgan fingerprint density at radius 3 is 2.26 bits per heavy atom. The number of nitrogens with zero attached hydrogens (tertiary/aromatic N) is 4. The molecular formula is C20H26N4O6S. The van der Waals surface area contributed by atoms with Crippen molar-refractivity contribution in [1.82, 2.24) is 19.9 Å². The highest BCUT2D eigenvalue weighted by Gasteiger charge is 2.29. The van der Waals surface area contributed by atoms with Crippen molar-refractivity contribution in [2.24, 2.45) is 0 Å². The lowest BCUT2D eigenvalue weighted by molar-refractivity contribution is -0.00372. The van der Waals surface area contributed by atoms with Gasteiger partial charge in [-0.05, 0) is 45.0 Å². The minimum atomic E-state index is -3.30. The van der Waals surface area contributed by atoms with E-state index < -0.39 is 21.4 Å². The molecule has 0 atom stereocenters. The van der Waals surface area contributed by atoms with Crippen molar-refractivity contribution >= 4 is 21.9 Å². The number of aromatic nitrogens is 3. The molecule has 2 heterocycles. The maximum atomic E-state index is 12.4. The van der Waals surface area contributed by atoms with Gasteiger partial charge in [0.15, 0.2) is 15.5 Å². The predicted molar refractivity (Wildman–Crippen MR) is 111 cm³/mol. The zero-order chi connectivity index (χ0) is 22.8. The Bertz CT molecular complexity index is 1050. The molecule has 0 spiro atoms. The molecule has 1 aromatic heterocycles. The number of amides is 1. The number of hydrogen-bond donors (Lipinski definition) is 0. The average molecular weight is 451 g/mol. The minimum Gasteiger partial charge on any atom is -0.457 e. The lowest BCUT2D eigenvalue weighted by Gasteiger charge is -2.33. The highest BCUT2D eigenvalue weighted by Crippen LogP contribution is 2.19. The fraction of sp³-hybridized carbons (Fsp3) is 0.500. The molecule has 1 aliphatic heterocycles. The number of carbonyl (C=O) groups is 2. The van der Waals surface area contributed by atoms with E-state index in [2.05, 4.69) is 10.3 Å². The number of piperidine rings is 1. The fourth-order valence-electron chi connectivity index (χ4n) is 3.02. The lowest BCUT2D eigenvalue weighted by atomic mass is 10.1. The van der Waals surface area contributed by atoms with Crippen LogP contribution in [-0.2, 0) is 19.3 Å². The van der Waals surface area contributed by atoms with Gasteiger partial charge in [-0.15, -0.1) is 5.10 Å². The quantitative estimate of drug-likeness (QED) is 0.650. The molecule has 1 aliphatic rings. The number of sulfone groups is 1. The Morgan fingerprint density at radius 1 is 1.10 bits per heavy atom. The summed E-state index contributed by atoms with van der Waals surface area (Å²) in [6, 6.07) is 6.07. The molecule has 31 heavy (non-hydrogen) atoms. The third-order valence-corrected chi connectivity index (χ3v) is 5.73. The maximum Gasteiger partial charge on any atom is 0.410 e. The molecule has 1 amide bonds. The van der Waals surface area contributed by atoms with Crippen LogP contribution < -0.4 is 0 Å². The zero-order valence-corrected chi connectivity index (χ0v) is 18.8. The fourth-order valence-corrected chi connectivity index (χ4v) is 3.65. The normalized spacial score (nSPS) is 15.5. The standard InChI is InChI=1S/C20H26N4O6S/c1-20(2,3)30-19(26)23-11-9-15(10-12-23)29-18(25)17-13-24(22-21-17)14-5-7-16(8-6-14)31(4,27)28/h5-8,13,15H,9-12H2,1-4H3. The molecule has 3 rings (SSSR count). The number of likely N-dealkylation sites (tertiary alicyclic amines) is 1. The van der Waals surface area contributed by atoms with Gasteiger partial charge < -0.3 is 14.4 Å². The van der Waals surface area contributed by atoms with Gasteiger partial charge in [-0.1, -0.05) is 5.21 Å². The minimum absolute atomic E-state index is 0.0433. The number of hydrogen-bond acceptors (Lipinski definition) is 8. The van der Waals surface area contributed by atoms with Crippen molar-refractivity contribution in [1.29, 1.82) is 0 Å². The summed E-state index contributed by atoms with van der Waals surface area (Å²) in [4.78, 5) is 26.3. The van der Waals surface area contributed by atoms with Gasteiger partial charge >= 0.3 is 12.1 Å². The predicted octanol–water partition coefficient (Wildman–Crippen LogP) is 2.23. The summed E-state index contributed by atoms with van der Waals surface area (Å²) in [7, 11) is -3.30. The largest absolute Gasteiger partial charge is 0.457 e. The summed E-state index contributed by atoms with van der Waals surface area (Å²) in [6.45, 7) is 6.31. The summed E-state index contributed by atoms with van der Waals surface area (Å²) in [6.07, 6.45) is 2.86. The maximum absolute atomic E-state index is 12.4. The molecule has 1 aromatic carbocycles. The summed E-state index contributed by atoms with van der Waals surface area (Å²) >= 11 is 0. The van der Waals surface area contributed by atoms with Gasteiger partial charge in [0, 0.05) is 32.2 Å². The molecule has 0 radical (unpaired) electrons. The second-order valence-electron chi connectivity index (χ2n) is 8.39. The van der Waals surface area contributed by atoms with Crippen LogP contribution in [0.25, 0.3) is 5.69 Å². The van der Waals surface area contributed by atoms with Crippen LogP contribution >= 0.6 is 0 Å². The van der Waals surface area contributed by atoms with Crippen molar-refractivity contribution in [2.75, 3.05) is 19.3 Å². The van der Waals surface area contributed by atoms with Crippen LogP contribution in [0.1, 0.15) is 44.1 Å². The summed E-state index contributed by atoms with van der Waals surface area (Å²) in [5.74, 6) is -0.602. The van der Waals surface area contributed by atoms with Crippen LogP contribution in [0.15, 0.2) is 35.4 Å². The molecule has 11 heteroatoms. The Hall–Kier alpha value is -2.95. The molecular weight excluding hydrogens is 424 g/mol. The van der Waals surface area contributed by atoms with E-state index in [0.717, 1.165) is 6.26 Å². The van der Waals surface area contributed by atoms with Crippen LogP contribution in [0.4, 0.5) is 4.79 Å². The average Bonchev–Trinajstić information content (AvgIpc) is 3.17. The van der Waals surface area contributed by atoms with Crippen molar-refractivity contribution in [2.45, 2.75) is 50.2 Å². The summed E-state index contributed by atoms with van der Waals surface area (Å²) in [5, 5.41) is 7.76. The molecule has 1 saturated heterocycles. The monoisotopic (exact) mass is 450 g/mol. The molecule has 2 aromatic rings. The van der Waals surface area contributed by atoms with E-state index in [-0.39, 0.29) is 22.8 Å². The van der Waals surface area contributed by atoms with E-state index >= 15 is 0 Å². The van der Waals surface area contributed by atoms with Gasteiger partial charge in [0.05, 0.1) is 16.8 Å². The first-order chi connectivity index (χ1) is 14.4. The number of esters is 1. The Morgan fingerprint density at radius 2 is 1.71 bits per heavy atom. The van der Waals surface area contributed by atoms with Crippen LogP contribution in [0, 0.1) is 0 Å². The van der Waals surface area contributed by atoms with Gasteiger partial charge in [-0.25, -0.2) is 22.7 Å². The SMILES string of the molecule is CC(C)(C)OC(=O)N1CCC(OC(=O)c2cn(-c3ccc(S(C)(=O)=O)cc3)nn2)CC1. The number of carbonyl (C=O) groups excluding carboxylic acids is 2. The van der Waals surface area contributed by atoms with E-state index in [1.54, 1.807) is 17.0 Å². The first-order valence-electron chi connectivity index (χ1n) is 9.84. The Balaban J connectivity index is 1.56. The van der Waals surface area contributed by atoms with E-state index in [0.29, 0.717) is 31.6 Å². The van der Waals surface area contributed by atoms with Crippen LogP contribution in [-0.4, -0.2) is 71.4 Å². The molecule has 0 saturated carbocycles. The molecule has 1 fully saturated rings. The van der Waals surface area contributed by atoms with E-state index in [9.17, 15) is 18.0 Å². The third-order valence-electron chi connectivity index (χ3n) is 4.60. The van der Waals surface area contributed by atoms with Gasteiger partial charge in [0.1, 0.15) is 11.7 Å². The van der Waals surface area contributed by atoms with Gasteiger partial charge in [0.25, 0.3) is 0 Å². The summed E-state index contributed by atoms with van der Waals surface area (Å²) in [5.41, 5.74) is 0.0449. The van der Waals surface area contributed by atoms with Crippen LogP contribution in [0.5, 0.6) is 0 Å². The zero-order valence-electron chi connectivity index (χ0n) is 17.9. The topological polar surface area (TPSA) is 121 Å². The van der Waals surface area contributed by atoms with E-state index in [4.69, 9.17) is 9.47 Å². The van der Waals surface area contributed by atoms with Crippen molar-refractivity contribution in [3.8, 4) is 5.69 Å². The van der Waals surface area contributed by atoms with Gasteiger partial charge in [0.2, 0.25) is 0 Å². The Labute approximate surface area is 181 Å². The van der Waals surface area contributed by atoms with E-state index in [1.165, 1.54) is 23.0 Å². The second-order valence-corrected chi connectivity index (χ2v) is 10.4. The highest BCUT2D eigenvalue weighted by molar-refractivity contribution is 7.90. The number of ether oxygens (including phenoxy) is 2. The smallest absolute Gasteiger partial charge is 0.410 e. The molecule has 0 N–H and O–H groups in total. The molecule has 168 valence electrons. The lowest BCUT2D eigenvalue weighted by Crippen LogP contribution is -2.43. The van der Waals surface area contributed by atoms with Crippen LogP contribution in [0.2, 0.25) is 0 Å². The highest BCUT2D eigenvalue weighted by atomic mass is 32.2. The van der Waals surface area contributed by atoms with Crippen molar-refractivity contribution < 1.29 is 27.5 Å². The number of rotatable bonds is 4. The van der Waals surface area contributed by atoms with Crippen molar-refractivity contribution in [3.05, 3.63) is 36.2 Å². The third kappa shape index (κ3) is 6.03. The van der Waals surface area contributed by atoms with Gasteiger partial charge in [-0.3, -0.25) is 0 Å². The molecule has 10 nitrogen and oxygen atoms in total. The molecule has 0 unspecified atom stereocenters. The molecule has 0 aliphatic carbocycles. The first kappa shape index (κ1) is 22.7. The first-order valence-corrected chi connectivity index (χ1v) is 11.7. The Kier molecular flexibility index (Phi) is 6.35. The van der Waals surface area contributed by atoms with Gasteiger partial charge in [-0.2, -0.15) is 0 Å². The number of benzene rings is 1. The second kappa shape index (κ2) is 8.66.